The van der Waals surface area contributed by atoms with Crippen LogP contribution in [0.3, 0.4) is 0 Å². The van der Waals surface area contributed by atoms with E-state index in [1.807, 2.05) is 16.8 Å². The molecule has 29 heavy (non-hydrogen) atoms. The van der Waals surface area contributed by atoms with Crippen molar-refractivity contribution in [2.75, 3.05) is 20.2 Å². The lowest BCUT2D eigenvalue weighted by Gasteiger charge is -2.24. The van der Waals surface area contributed by atoms with Gasteiger partial charge in [0, 0.05) is 18.3 Å². The first kappa shape index (κ1) is 17.9. The number of methoxy groups -OCH3 is 1. The van der Waals surface area contributed by atoms with Crippen molar-refractivity contribution in [1.29, 1.82) is 0 Å². The Bertz CT molecular complexity index is 1250. The highest BCUT2D eigenvalue weighted by Gasteiger charge is 2.21. The van der Waals surface area contributed by atoms with Crippen molar-refractivity contribution in [3.8, 4) is 16.9 Å². The minimum Gasteiger partial charge on any atom is -0.493 e. The van der Waals surface area contributed by atoms with E-state index >= 15 is 0 Å². The first-order valence-electron chi connectivity index (χ1n) is 10.0. The highest BCUT2D eigenvalue weighted by Crippen LogP contribution is 2.32. The van der Waals surface area contributed by atoms with Crippen LogP contribution < -0.4 is 15.7 Å². The predicted molar refractivity (Wildman–Crippen MR) is 112 cm³/mol. The number of nitrogens with one attached hydrogen (secondary N) is 2. The van der Waals surface area contributed by atoms with E-state index in [-0.39, 0.29) is 11.7 Å². The second-order valence-electron chi connectivity index (χ2n) is 7.51. The van der Waals surface area contributed by atoms with Gasteiger partial charge in [-0.1, -0.05) is 6.92 Å². The molecule has 0 saturated carbocycles. The van der Waals surface area contributed by atoms with Crippen molar-refractivity contribution in [3.63, 3.8) is 0 Å². The van der Waals surface area contributed by atoms with Crippen LogP contribution in [0.15, 0.2) is 35.5 Å². The van der Waals surface area contributed by atoms with Gasteiger partial charge in [0.25, 0.3) is 0 Å². The number of aromatic nitrogens is 5. The number of hydrogen-bond donors (Lipinski definition) is 2. The Kier molecular flexibility index (Phi) is 4.35. The molecule has 4 heterocycles. The van der Waals surface area contributed by atoms with Crippen molar-refractivity contribution < 1.29 is 4.74 Å². The molecule has 150 valence electrons. The molecular formula is C21H24N6O2. The largest absolute Gasteiger partial charge is 0.493 e. The molecule has 0 radical (unpaired) electrons. The summed E-state index contributed by atoms with van der Waals surface area (Å²) in [5, 5.41) is 7.67. The number of aromatic amines is 1. The zero-order chi connectivity index (χ0) is 20.0. The van der Waals surface area contributed by atoms with Crippen molar-refractivity contribution in [2.24, 2.45) is 0 Å². The van der Waals surface area contributed by atoms with Gasteiger partial charge in [-0.2, -0.15) is 5.10 Å². The number of aryl methyl sites for hydroxylation is 1. The molecule has 0 aliphatic carbocycles. The number of imidazole rings is 1. The minimum atomic E-state index is -0.0442. The van der Waals surface area contributed by atoms with E-state index in [1.54, 1.807) is 11.6 Å². The fraction of sp³-hybridized carbons (Fsp3) is 0.381. The van der Waals surface area contributed by atoms with Gasteiger partial charge in [0.15, 0.2) is 11.4 Å². The Morgan fingerprint density at radius 1 is 1.31 bits per heavy atom. The summed E-state index contributed by atoms with van der Waals surface area (Å²) in [4.78, 5) is 20.1. The van der Waals surface area contributed by atoms with E-state index in [0.717, 1.165) is 54.5 Å². The molecule has 1 unspecified atom stereocenters. The van der Waals surface area contributed by atoms with Crippen LogP contribution in [-0.2, 0) is 6.42 Å². The van der Waals surface area contributed by atoms with Crippen LogP contribution in [0.5, 0.6) is 5.75 Å². The summed E-state index contributed by atoms with van der Waals surface area (Å²) in [6, 6.07) is 6.38. The lowest BCUT2D eigenvalue weighted by molar-refractivity contribution is 0.372. The van der Waals surface area contributed by atoms with E-state index in [9.17, 15) is 4.79 Å². The van der Waals surface area contributed by atoms with Gasteiger partial charge in [-0.15, -0.1) is 0 Å². The second kappa shape index (κ2) is 7.04. The maximum atomic E-state index is 12.8. The molecule has 2 N–H and O–H groups in total. The fourth-order valence-electron chi connectivity index (χ4n) is 4.39. The van der Waals surface area contributed by atoms with Crippen molar-refractivity contribution >= 4 is 16.7 Å². The van der Waals surface area contributed by atoms with Crippen LogP contribution in [-0.4, -0.2) is 44.3 Å². The monoisotopic (exact) mass is 392 g/mol. The summed E-state index contributed by atoms with van der Waals surface area (Å²) in [6.45, 7) is 3.98. The summed E-state index contributed by atoms with van der Waals surface area (Å²) < 4.78 is 9.16. The molecule has 3 aromatic heterocycles. The summed E-state index contributed by atoms with van der Waals surface area (Å²) in [6.07, 6.45) is 6.42. The Morgan fingerprint density at radius 3 is 2.97 bits per heavy atom. The molecule has 1 aliphatic heterocycles. The Labute approximate surface area is 167 Å². The van der Waals surface area contributed by atoms with Crippen LogP contribution in [0.25, 0.3) is 27.8 Å². The second-order valence-corrected chi connectivity index (χ2v) is 7.51. The fourth-order valence-corrected chi connectivity index (χ4v) is 4.39. The molecule has 4 aromatic rings. The first-order valence-corrected chi connectivity index (χ1v) is 10.0. The van der Waals surface area contributed by atoms with Gasteiger partial charge in [-0.3, -0.25) is 4.57 Å². The average Bonchev–Trinajstić information content (AvgIpc) is 3.35. The lowest BCUT2D eigenvalue weighted by atomic mass is 9.98. The van der Waals surface area contributed by atoms with Crippen LogP contribution in [0.2, 0.25) is 0 Å². The van der Waals surface area contributed by atoms with Gasteiger partial charge >= 0.3 is 5.69 Å². The molecule has 0 spiro atoms. The molecule has 1 aliphatic rings. The van der Waals surface area contributed by atoms with Crippen LogP contribution in [0.4, 0.5) is 0 Å². The van der Waals surface area contributed by atoms with Crippen molar-refractivity contribution in [1.82, 2.24) is 29.5 Å². The maximum absolute atomic E-state index is 12.8. The number of H-pyrrole nitrogens is 1. The zero-order valence-corrected chi connectivity index (χ0v) is 16.6. The lowest BCUT2D eigenvalue weighted by Crippen LogP contribution is -2.35. The number of rotatable bonds is 4. The molecular weight excluding hydrogens is 368 g/mol. The SMILES string of the molecule is CCc1cc2c(cc1-c1cc(OC)c3ncnn3c1)[nH]c(=O)n2C1CCCNC1. The topological polar surface area (TPSA) is 89.2 Å². The summed E-state index contributed by atoms with van der Waals surface area (Å²) in [5.41, 5.74) is 5.67. The third kappa shape index (κ3) is 2.91. The molecule has 1 atom stereocenters. The third-order valence-corrected chi connectivity index (χ3v) is 5.83. The number of benzene rings is 1. The summed E-state index contributed by atoms with van der Waals surface area (Å²) >= 11 is 0. The highest BCUT2D eigenvalue weighted by molar-refractivity contribution is 5.85. The van der Waals surface area contributed by atoms with Gasteiger partial charge in [-0.25, -0.2) is 14.3 Å². The number of pyridine rings is 1. The van der Waals surface area contributed by atoms with Crippen LogP contribution >= 0.6 is 0 Å². The van der Waals surface area contributed by atoms with E-state index in [1.165, 1.54) is 11.9 Å². The number of ether oxygens (including phenoxy) is 1. The normalized spacial score (nSPS) is 17.2. The molecule has 8 heteroatoms. The van der Waals surface area contributed by atoms with Crippen molar-refractivity contribution in [2.45, 2.75) is 32.2 Å². The van der Waals surface area contributed by atoms with Gasteiger partial charge in [0.2, 0.25) is 0 Å². The molecule has 5 rings (SSSR count). The zero-order valence-electron chi connectivity index (χ0n) is 16.6. The summed E-state index contributed by atoms with van der Waals surface area (Å²) in [7, 11) is 1.63. The first-order chi connectivity index (χ1) is 14.2. The quantitative estimate of drug-likeness (QED) is 0.557. The number of piperidine rings is 1. The Balaban J connectivity index is 1.70. The van der Waals surface area contributed by atoms with E-state index in [2.05, 4.69) is 39.4 Å². The minimum absolute atomic E-state index is 0.0442. The van der Waals surface area contributed by atoms with Crippen LogP contribution in [0.1, 0.15) is 31.4 Å². The number of nitrogens with zero attached hydrogens (tertiary/aromatic N) is 4. The van der Waals surface area contributed by atoms with Gasteiger partial charge < -0.3 is 15.0 Å². The Hall–Kier alpha value is -3.13. The number of hydrogen-bond acceptors (Lipinski definition) is 5. The maximum Gasteiger partial charge on any atom is 0.326 e. The van der Waals surface area contributed by atoms with Gasteiger partial charge in [-0.05, 0) is 55.1 Å². The third-order valence-electron chi connectivity index (χ3n) is 5.83. The standard InChI is InChI=1S/C21H24N6O2/c1-3-13-7-18-17(25-21(28)27(18)15-5-4-6-22-10-15)9-16(13)14-8-19(29-2)20-23-12-24-26(20)11-14/h7-9,11-12,15,22H,3-6,10H2,1-2H3,(H,25,28). The molecule has 1 fully saturated rings. The smallest absolute Gasteiger partial charge is 0.326 e. The van der Waals surface area contributed by atoms with E-state index in [0.29, 0.717) is 11.4 Å². The number of fused-ring (bicyclic) bond motifs is 2. The Morgan fingerprint density at radius 2 is 2.21 bits per heavy atom. The molecule has 8 nitrogen and oxygen atoms in total. The van der Waals surface area contributed by atoms with E-state index < -0.39 is 0 Å². The average molecular weight is 392 g/mol. The molecule has 0 bridgehead atoms. The molecule has 0 amide bonds. The van der Waals surface area contributed by atoms with Crippen LogP contribution in [0, 0.1) is 0 Å². The van der Waals surface area contributed by atoms with Gasteiger partial charge in [0.05, 0.1) is 24.2 Å². The van der Waals surface area contributed by atoms with Gasteiger partial charge in [0.1, 0.15) is 6.33 Å². The van der Waals surface area contributed by atoms with E-state index in [4.69, 9.17) is 4.74 Å². The van der Waals surface area contributed by atoms with Crippen molar-refractivity contribution in [3.05, 3.63) is 46.8 Å². The molecule has 1 aromatic carbocycles. The predicted octanol–water partition coefficient (Wildman–Crippen LogP) is 2.53. The highest BCUT2D eigenvalue weighted by atomic mass is 16.5. The molecule has 1 saturated heterocycles. The summed E-state index contributed by atoms with van der Waals surface area (Å²) in [5.74, 6) is 0.668.